The van der Waals surface area contributed by atoms with Crippen molar-refractivity contribution in [2.75, 3.05) is 0 Å². The van der Waals surface area contributed by atoms with Crippen LogP contribution in [0.5, 0.6) is 5.75 Å². The second-order valence-electron chi connectivity index (χ2n) is 4.75. The van der Waals surface area contributed by atoms with E-state index in [2.05, 4.69) is 0 Å². The van der Waals surface area contributed by atoms with Gasteiger partial charge >= 0.3 is 0 Å². The van der Waals surface area contributed by atoms with Crippen LogP contribution in [0.4, 0.5) is 5.69 Å². The fourth-order valence-electron chi connectivity index (χ4n) is 1.95. The molecule has 0 saturated carbocycles. The largest absolute Gasteiger partial charge is 0.489 e. The highest BCUT2D eigenvalue weighted by molar-refractivity contribution is 5.94. The van der Waals surface area contributed by atoms with E-state index in [4.69, 9.17) is 4.74 Å². The zero-order chi connectivity index (χ0) is 15.4. The number of rotatable bonds is 5. The van der Waals surface area contributed by atoms with E-state index in [0.717, 1.165) is 11.1 Å². The normalized spacial score (nSPS) is 10.2. The molecule has 0 aliphatic rings. The predicted octanol–water partition coefficient (Wildman–Crippen LogP) is 3.68. The van der Waals surface area contributed by atoms with E-state index in [1.54, 1.807) is 30.3 Å². The first-order valence-corrected chi connectivity index (χ1v) is 6.45. The number of Topliss-reactive ketones (excluding diaryl/α,β-unsaturated/α-hetero) is 1. The van der Waals surface area contributed by atoms with Gasteiger partial charge in [-0.15, -0.1) is 0 Å². The maximum absolute atomic E-state index is 11.3. The van der Waals surface area contributed by atoms with Crippen LogP contribution in [0.25, 0.3) is 0 Å². The minimum Gasteiger partial charge on any atom is -0.489 e. The summed E-state index contributed by atoms with van der Waals surface area (Å²) in [5.74, 6) is 0.662. The Morgan fingerprint density at radius 3 is 2.62 bits per heavy atom. The number of ether oxygens (including phenoxy) is 1. The maximum Gasteiger partial charge on any atom is 0.269 e. The smallest absolute Gasteiger partial charge is 0.269 e. The molecule has 5 nitrogen and oxygen atoms in total. The highest BCUT2D eigenvalue weighted by atomic mass is 16.6. The van der Waals surface area contributed by atoms with Crippen molar-refractivity contribution in [2.24, 2.45) is 0 Å². The van der Waals surface area contributed by atoms with Crippen LogP contribution in [-0.4, -0.2) is 10.7 Å². The van der Waals surface area contributed by atoms with Crippen LogP contribution in [0, 0.1) is 17.0 Å². The van der Waals surface area contributed by atoms with Crippen molar-refractivity contribution < 1.29 is 14.5 Å². The lowest BCUT2D eigenvalue weighted by atomic mass is 10.1. The molecule has 0 amide bonds. The number of hydrogen-bond donors (Lipinski definition) is 0. The lowest BCUT2D eigenvalue weighted by Gasteiger charge is -2.10. The van der Waals surface area contributed by atoms with E-state index in [1.807, 2.05) is 6.92 Å². The monoisotopic (exact) mass is 285 g/mol. The second kappa shape index (κ2) is 6.17. The molecule has 0 spiro atoms. The zero-order valence-corrected chi connectivity index (χ0v) is 11.8. The lowest BCUT2D eigenvalue weighted by Crippen LogP contribution is -2.00. The van der Waals surface area contributed by atoms with Crippen LogP contribution in [-0.2, 0) is 6.61 Å². The molecule has 5 heteroatoms. The number of nitrogens with zero attached hydrogens (tertiary/aromatic N) is 1. The Hall–Kier alpha value is -2.69. The van der Waals surface area contributed by atoms with Gasteiger partial charge in [0.15, 0.2) is 5.78 Å². The molecule has 0 atom stereocenters. The molecule has 0 aliphatic carbocycles. The summed E-state index contributed by atoms with van der Waals surface area (Å²) >= 11 is 0. The minimum atomic E-state index is -0.434. The van der Waals surface area contributed by atoms with Gasteiger partial charge in [0.05, 0.1) is 4.92 Å². The van der Waals surface area contributed by atoms with E-state index in [9.17, 15) is 14.9 Å². The van der Waals surface area contributed by atoms with Gasteiger partial charge in [-0.3, -0.25) is 14.9 Å². The number of nitro benzene ring substituents is 1. The Morgan fingerprint density at radius 2 is 2.00 bits per heavy atom. The molecule has 0 radical (unpaired) electrons. The van der Waals surface area contributed by atoms with E-state index >= 15 is 0 Å². The molecule has 0 fully saturated rings. The van der Waals surface area contributed by atoms with Crippen LogP contribution in [0.2, 0.25) is 0 Å². The molecule has 0 N–H and O–H groups in total. The van der Waals surface area contributed by atoms with Crippen molar-refractivity contribution in [3.8, 4) is 5.75 Å². The Morgan fingerprint density at radius 1 is 1.24 bits per heavy atom. The van der Waals surface area contributed by atoms with Gasteiger partial charge in [-0.1, -0.05) is 12.1 Å². The highest BCUT2D eigenvalue weighted by Gasteiger charge is 2.08. The second-order valence-corrected chi connectivity index (χ2v) is 4.75. The number of aryl methyl sites for hydroxylation is 1. The maximum atomic E-state index is 11.3. The van der Waals surface area contributed by atoms with Crippen LogP contribution in [0.3, 0.4) is 0 Å². The summed E-state index contributed by atoms with van der Waals surface area (Å²) in [5, 5.41) is 10.7. The van der Waals surface area contributed by atoms with Crippen LogP contribution >= 0.6 is 0 Å². The van der Waals surface area contributed by atoms with Crippen molar-refractivity contribution in [1.29, 1.82) is 0 Å². The molecule has 0 unspecified atom stereocenters. The third-order valence-electron chi connectivity index (χ3n) is 3.10. The van der Waals surface area contributed by atoms with E-state index in [1.165, 1.54) is 19.1 Å². The predicted molar refractivity (Wildman–Crippen MR) is 78.6 cm³/mol. The Labute approximate surface area is 122 Å². The first-order valence-electron chi connectivity index (χ1n) is 6.45. The topological polar surface area (TPSA) is 69.4 Å². The van der Waals surface area contributed by atoms with Crippen molar-refractivity contribution in [2.45, 2.75) is 20.5 Å². The van der Waals surface area contributed by atoms with Gasteiger partial charge in [-0.05, 0) is 43.2 Å². The van der Waals surface area contributed by atoms with Crippen molar-refractivity contribution in [3.05, 3.63) is 69.3 Å². The van der Waals surface area contributed by atoms with E-state index < -0.39 is 4.92 Å². The average Bonchev–Trinajstić information content (AvgIpc) is 2.46. The molecule has 108 valence electrons. The molecule has 0 aromatic heterocycles. The van der Waals surface area contributed by atoms with Crippen LogP contribution in [0.15, 0.2) is 42.5 Å². The summed E-state index contributed by atoms with van der Waals surface area (Å²) in [6.07, 6.45) is 0. The quantitative estimate of drug-likeness (QED) is 0.477. The summed E-state index contributed by atoms with van der Waals surface area (Å²) in [6, 6.07) is 11.5. The number of ketones is 1. The van der Waals surface area contributed by atoms with Gasteiger partial charge in [0.25, 0.3) is 5.69 Å². The molecular weight excluding hydrogens is 270 g/mol. The molecule has 2 aromatic carbocycles. The van der Waals surface area contributed by atoms with Gasteiger partial charge in [0, 0.05) is 17.7 Å². The van der Waals surface area contributed by atoms with Crippen molar-refractivity contribution >= 4 is 11.5 Å². The van der Waals surface area contributed by atoms with Gasteiger partial charge in [-0.25, -0.2) is 0 Å². The van der Waals surface area contributed by atoms with Gasteiger partial charge < -0.3 is 4.74 Å². The summed E-state index contributed by atoms with van der Waals surface area (Å²) in [5.41, 5.74) is 2.25. The highest BCUT2D eigenvalue weighted by Crippen LogP contribution is 2.21. The molecule has 0 saturated heterocycles. The Bertz CT molecular complexity index is 694. The average molecular weight is 285 g/mol. The first kappa shape index (κ1) is 14.7. The summed E-state index contributed by atoms with van der Waals surface area (Å²) in [4.78, 5) is 21.6. The van der Waals surface area contributed by atoms with Gasteiger partial charge in [0.2, 0.25) is 0 Å². The summed E-state index contributed by atoms with van der Waals surface area (Å²) in [7, 11) is 0. The van der Waals surface area contributed by atoms with Gasteiger partial charge in [0.1, 0.15) is 12.4 Å². The molecule has 0 aliphatic heterocycles. The molecule has 2 rings (SSSR count). The lowest BCUT2D eigenvalue weighted by molar-refractivity contribution is -0.384. The molecule has 0 bridgehead atoms. The van der Waals surface area contributed by atoms with Crippen LogP contribution in [0.1, 0.15) is 28.4 Å². The Balaban J connectivity index is 2.11. The number of nitro groups is 1. The third kappa shape index (κ3) is 3.66. The molecular formula is C16H15NO4. The van der Waals surface area contributed by atoms with E-state index in [0.29, 0.717) is 11.3 Å². The first-order chi connectivity index (χ1) is 9.97. The van der Waals surface area contributed by atoms with Gasteiger partial charge in [-0.2, -0.15) is 0 Å². The van der Waals surface area contributed by atoms with Crippen molar-refractivity contribution in [3.63, 3.8) is 0 Å². The SMILES string of the molecule is CC(=O)c1ccc(OCc2cccc([N+](=O)[O-])c2)c(C)c1. The molecule has 0 heterocycles. The number of carbonyl (C=O) groups excluding carboxylic acids is 1. The summed E-state index contributed by atoms with van der Waals surface area (Å²) < 4.78 is 5.66. The number of carbonyl (C=O) groups is 1. The van der Waals surface area contributed by atoms with E-state index in [-0.39, 0.29) is 18.1 Å². The zero-order valence-electron chi connectivity index (χ0n) is 11.8. The fraction of sp³-hybridized carbons (Fsp3) is 0.188. The third-order valence-corrected chi connectivity index (χ3v) is 3.10. The number of non-ortho nitro benzene ring substituents is 1. The molecule has 2 aromatic rings. The van der Waals surface area contributed by atoms with Crippen molar-refractivity contribution in [1.82, 2.24) is 0 Å². The van der Waals surface area contributed by atoms with Crippen LogP contribution < -0.4 is 4.74 Å². The standard InChI is InChI=1S/C16H15NO4/c1-11-8-14(12(2)18)6-7-16(11)21-10-13-4-3-5-15(9-13)17(19)20/h3-9H,10H2,1-2H3. The fourth-order valence-corrected chi connectivity index (χ4v) is 1.95. The minimum absolute atomic E-state index is 0.00309. The number of hydrogen-bond acceptors (Lipinski definition) is 4. The Kier molecular flexibility index (Phi) is 4.33. The number of benzene rings is 2. The molecule has 21 heavy (non-hydrogen) atoms. The summed E-state index contributed by atoms with van der Waals surface area (Å²) in [6.45, 7) is 3.61.